The number of fused-ring (bicyclic) bond motifs is 1. The number of rotatable bonds is 6. The summed E-state index contributed by atoms with van der Waals surface area (Å²) in [5.74, 6) is -0.541. The summed E-state index contributed by atoms with van der Waals surface area (Å²) in [6, 6.07) is 8.78. The van der Waals surface area contributed by atoms with Crippen molar-refractivity contribution in [3.63, 3.8) is 0 Å². The molecule has 1 heterocycles. The predicted octanol–water partition coefficient (Wildman–Crippen LogP) is 0.0487. The standard InChI is InChI=1S/C14H16N4O3/c15-12-7-10(9-3-1-2-4-11(9)18-12)14(20)17-5-6-21-8-13(16)19/h1-4,7H,5-6,8H2,(H2,15,18)(H2,16,19)(H,17,20). The number of nitrogen functional groups attached to an aromatic ring is 1. The molecule has 0 atom stereocenters. The van der Waals surface area contributed by atoms with Crippen LogP contribution >= 0.6 is 0 Å². The van der Waals surface area contributed by atoms with Gasteiger partial charge in [0.2, 0.25) is 5.91 Å². The summed E-state index contributed by atoms with van der Waals surface area (Å²) in [6.07, 6.45) is 0. The molecule has 0 bridgehead atoms. The molecule has 110 valence electrons. The van der Waals surface area contributed by atoms with E-state index >= 15 is 0 Å². The van der Waals surface area contributed by atoms with Gasteiger partial charge in [0.05, 0.1) is 17.7 Å². The number of nitrogens with two attached hydrogens (primary N) is 2. The molecule has 0 spiro atoms. The number of hydrogen-bond acceptors (Lipinski definition) is 5. The number of benzene rings is 1. The van der Waals surface area contributed by atoms with Gasteiger partial charge in [0, 0.05) is 11.9 Å². The molecule has 7 nitrogen and oxygen atoms in total. The SMILES string of the molecule is NC(=O)COCCNC(=O)c1cc(N)nc2ccccc12. The third-order valence-electron chi connectivity index (χ3n) is 2.76. The molecule has 0 aliphatic rings. The van der Waals surface area contributed by atoms with E-state index in [9.17, 15) is 9.59 Å². The third-order valence-corrected chi connectivity index (χ3v) is 2.76. The smallest absolute Gasteiger partial charge is 0.252 e. The highest BCUT2D eigenvalue weighted by molar-refractivity contribution is 6.06. The fraction of sp³-hybridized carbons (Fsp3) is 0.214. The van der Waals surface area contributed by atoms with E-state index in [1.165, 1.54) is 6.07 Å². The number of primary amides is 1. The first-order chi connectivity index (χ1) is 10.1. The molecule has 0 radical (unpaired) electrons. The lowest BCUT2D eigenvalue weighted by Crippen LogP contribution is -2.29. The zero-order chi connectivity index (χ0) is 15.2. The number of carbonyl (C=O) groups is 2. The zero-order valence-electron chi connectivity index (χ0n) is 11.3. The van der Waals surface area contributed by atoms with Crippen molar-refractivity contribution in [2.45, 2.75) is 0 Å². The Morgan fingerprint density at radius 1 is 1.29 bits per heavy atom. The van der Waals surface area contributed by atoms with E-state index in [0.717, 1.165) is 5.39 Å². The highest BCUT2D eigenvalue weighted by Crippen LogP contribution is 2.19. The van der Waals surface area contributed by atoms with E-state index < -0.39 is 5.91 Å². The van der Waals surface area contributed by atoms with Gasteiger partial charge < -0.3 is 21.5 Å². The molecule has 2 aromatic rings. The summed E-state index contributed by atoms with van der Waals surface area (Å²) >= 11 is 0. The number of anilines is 1. The second kappa shape index (κ2) is 6.67. The molecular formula is C14H16N4O3. The van der Waals surface area contributed by atoms with E-state index in [4.69, 9.17) is 16.2 Å². The first kappa shape index (κ1) is 14.7. The van der Waals surface area contributed by atoms with Crippen molar-refractivity contribution in [2.24, 2.45) is 5.73 Å². The van der Waals surface area contributed by atoms with Crippen LogP contribution in [0.3, 0.4) is 0 Å². The summed E-state index contributed by atoms with van der Waals surface area (Å²) in [5.41, 5.74) is 11.7. The Labute approximate surface area is 121 Å². The molecule has 7 heteroatoms. The van der Waals surface area contributed by atoms with Crippen molar-refractivity contribution in [1.82, 2.24) is 10.3 Å². The van der Waals surface area contributed by atoms with Crippen molar-refractivity contribution >= 4 is 28.5 Å². The molecule has 0 aliphatic heterocycles. The number of carbonyl (C=O) groups excluding carboxylic acids is 2. The maximum atomic E-state index is 12.2. The molecule has 0 saturated heterocycles. The summed E-state index contributed by atoms with van der Waals surface area (Å²) in [6.45, 7) is 0.302. The zero-order valence-corrected chi connectivity index (χ0v) is 11.3. The number of pyridine rings is 1. The lowest BCUT2D eigenvalue weighted by molar-refractivity contribution is -0.122. The molecule has 21 heavy (non-hydrogen) atoms. The number of amides is 2. The number of nitrogens with one attached hydrogen (secondary N) is 1. The fourth-order valence-corrected chi connectivity index (χ4v) is 1.89. The molecule has 1 aromatic carbocycles. The first-order valence-corrected chi connectivity index (χ1v) is 6.37. The number of para-hydroxylation sites is 1. The number of ether oxygens (including phenoxy) is 1. The molecule has 2 rings (SSSR count). The van der Waals surface area contributed by atoms with Gasteiger partial charge >= 0.3 is 0 Å². The third kappa shape index (κ3) is 3.90. The fourth-order valence-electron chi connectivity index (χ4n) is 1.89. The molecule has 0 fully saturated rings. The van der Waals surface area contributed by atoms with Gasteiger partial charge in [-0.05, 0) is 12.1 Å². The quantitative estimate of drug-likeness (QED) is 0.648. The van der Waals surface area contributed by atoms with E-state index in [2.05, 4.69) is 10.3 Å². The Balaban J connectivity index is 2.04. The molecule has 1 aromatic heterocycles. The van der Waals surface area contributed by atoms with Gasteiger partial charge in [-0.3, -0.25) is 9.59 Å². The minimum atomic E-state index is -0.547. The van der Waals surface area contributed by atoms with Gasteiger partial charge in [-0.25, -0.2) is 4.98 Å². The normalized spacial score (nSPS) is 10.5. The van der Waals surface area contributed by atoms with Crippen molar-refractivity contribution < 1.29 is 14.3 Å². The minimum Gasteiger partial charge on any atom is -0.384 e. The van der Waals surface area contributed by atoms with E-state index in [1.54, 1.807) is 12.1 Å². The number of aromatic nitrogens is 1. The first-order valence-electron chi connectivity index (χ1n) is 6.37. The lowest BCUT2D eigenvalue weighted by atomic mass is 10.1. The second-order valence-electron chi connectivity index (χ2n) is 4.39. The van der Waals surface area contributed by atoms with Gasteiger partial charge in [-0.2, -0.15) is 0 Å². The monoisotopic (exact) mass is 288 g/mol. The predicted molar refractivity (Wildman–Crippen MR) is 78.5 cm³/mol. The molecule has 2 amide bonds. The van der Waals surface area contributed by atoms with Crippen LogP contribution in [0.1, 0.15) is 10.4 Å². The molecule has 5 N–H and O–H groups in total. The van der Waals surface area contributed by atoms with Crippen LogP contribution < -0.4 is 16.8 Å². The van der Waals surface area contributed by atoms with Crippen molar-refractivity contribution in [3.8, 4) is 0 Å². The Morgan fingerprint density at radius 3 is 2.81 bits per heavy atom. The summed E-state index contributed by atoms with van der Waals surface area (Å²) in [5, 5.41) is 3.42. The van der Waals surface area contributed by atoms with E-state index in [-0.39, 0.29) is 31.5 Å². The average Bonchev–Trinajstić information content (AvgIpc) is 2.45. The van der Waals surface area contributed by atoms with Gasteiger partial charge in [0.1, 0.15) is 12.4 Å². The van der Waals surface area contributed by atoms with Gasteiger partial charge in [-0.1, -0.05) is 18.2 Å². The highest BCUT2D eigenvalue weighted by Gasteiger charge is 2.11. The molecule has 0 unspecified atom stereocenters. The summed E-state index contributed by atoms with van der Waals surface area (Å²) in [4.78, 5) is 26.8. The topological polar surface area (TPSA) is 120 Å². The van der Waals surface area contributed by atoms with Crippen LogP contribution in [0.4, 0.5) is 5.82 Å². The highest BCUT2D eigenvalue weighted by atomic mass is 16.5. The van der Waals surface area contributed by atoms with Crippen LogP contribution in [-0.2, 0) is 9.53 Å². The molecule has 0 aliphatic carbocycles. The maximum absolute atomic E-state index is 12.2. The number of nitrogens with zero attached hydrogens (tertiary/aromatic N) is 1. The van der Waals surface area contributed by atoms with Crippen LogP contribution in [0.15, 0.2) is 30.3 Å². The van der Waals surface area contributed by atoms with Gasteiger partial charge in [-0.15, -0.1) is 0 Å². The molecular weight excluding hydrogens is 272 g/mol. The van der Waals surface area contributed by atoms with Crippen molar-refractivity contribution in [1.29, 1.82) is 0 Å². The Bertz CT molecular complexity index is 672. The Hall–Kier alpha value is -2.67. The van der Waals surface area contributed by atoms with Crippen LogP contribution in [0, 0.1) is 0 Å². The maximum Gasteiger partial charge on any atom is 0.252 e. The summed E-state index contributed by atoms with van der Waals surface area (Å²) in [7, 11) is 0. The summed E-state index contributed by atoms with van der Waals surface area (Å²) < 4.78 is 4.97. The lowest BCUT2D eigenvalue weighted by Gasteiger charge is -2.09. The van der Waals surface area contributed by atoms with E-state index in [1.807, 2.05) is 12.1 Å². The van der Waals surface area contributed by atoms with Crippen LogP contribution in [0.5, 0.6) is 0 Å². The second-order valence-corrected chi connectivity index (χ2v) is 4.39. The Kier molecular flexibility index (Phi) is 4.68. The van der Waals surface area contributed by atoms with Crippen LogP contribution in [0.2, 0.25) is 0 Å². The van der Waals surface area contributed by atoms with Crippen molar-refractivity contribution in [2.75, 3.05) is 25.5 Å². The van der Waals surface area contributed by atoms with Gasteiger partial charge in [0.15, 0.2) is 0 Å². The largest absolute Gasteiger partial charge is 0.384 e. The minimum absolute atomic E-state index is 0.166. The van der Waals surface area contributed by atoms with Crippen LogP contribution in [-0.4, -0.2) is 36.6 Å². The Morgan fingerprint density at radius 2 is 2.05 bits per heavy atom. The van der Waals surface area contributed by atoms with Crippen molar-refractivity contribution in [3.05, 3.63) is 35.9 Å². The van der Waals surface area contributed by atoms with E-state index in [0.29, 0.717) is 11.1 Å². The molecule has 0 saturated carbocycles. The van der Waals surface area contributed by atoms with Crippen LogP contribution in [0.25, 0.3) is 10.9 Å². The average molecular weight is 288 g/mol. The van der Waals surface area contributed by atoms with Gasteiger partial charge in [0.25, 0.3) is 5.91 Å². The number of hydrogen-bond donors (Lipinski definition) is 3.